The molecule has 1 aliphatic rings. The van der Waals surface area contributed by atoms with E-state index in [-0.39, 0.29) is 0 Å². The zero-order valence-electron chi connectivity index (χ0n) is 7.36. The first-order valence-corrected chi connectivity index (χ1v) is 4.09. The fourth-order valence-corrected chi connectivity index (χ4v) is 1.48. The maximum Gasteiger partial charge on any atom is 0.168 e. The van der Waals surface area contributed by atoms with Gasteiger partial charge in [-0.1, -0.05) is 24.3 Å². The molecule has 3 heteroatoms. The van der Waals surface area contributed by atoms with Gasteiger partial charge in [-0.2, -0.15) is 10.4 Å². The predicted molar refractivity (Wildman–Crippen MR) is 50.1 cm³/mol. The van der Waals surface area contributed by atoms with Crippen molar-refractivity contribution in [3.63, 3.8) is 0 Å². The molecule has 0 amide bonds. The van der Waals surface area contributed by atoms with Crippen molar-refractivity contribution >= 4 is 5.71 Å². The lowest BCUT2D eigenvalue weighted by atomic mass is 10.0. The molecule has 0 N–H and O–H groups in total. The van der Waals surface area contributed by atoms with E-state index >= 15 is 0 Å². The average molecular weight is 171 g/mol. The lowest BCUT2D eigenvalue weighted by molar-refractivity contribution is 0.341. The van der Waals surface area contributed by atoms with Crippen molar-refractivity contribution in [2.45, 2.75) is 6.54 Å². The molecule has 1 aromatic rings. The topological polar surface area (TPSA) is 39.4 Å². The van der Waals surface area contributed by atoms with E-state index in [0.717, 1.165) is 17.7 Å². The van der Waals surface area contributed by atoms with Crippen molar-refractivity contribution in [3.8, 4) is 6.07 Å². The van der Waals surface area contributed by atoms with Crippen molar-refractivity contribution < 1.29 is 0 Å². The first kappa shape index (κ1) is 7.81. The first-order chi connectivity index (χ1) is 6.31. The van der Waals surface area contributed by atoms with E-state index in [9.17, 15) is 0 Å². The van der Waals surface area contributed by atoms with E-state index in [0.29, 0.717) is 5.71 Å². The van der Waals surface area contributed by atoms with Gasteiger partial charge in [0.25, 0.3) is 0 Å². The summed E-state index contributed by atoms with van der Waals surface area (Å²) in [5, 5.41) is 14.8. The van der Waals surface area contributed by atoms with E-state index in [4.69, 9.17) is 5.26 Å². The quantitative estimate of drug-likeness (QED) is 0.591. The molecule has 0 radical (unpaired) electrons. The molecule has 0 spiro atoms. The molecular weight excluding hydrogens is 162 g/mol. The summed E-state index contributed by atoms with van der Waals surface area (Å²) in [5.41, 5.74) is 2.63. The minimum absolute atomic E-state index is 0.504. The molecule has 1 aliphatic heterocycles. The fraction of sp³-hybridized carbons (Fsp3) is 0.200. The maximum absolute atomic E-state index is 8.85. The van der Waals surface area contributed by atoms with E-state index in [1.165, 1.54) is 0 Å². The number of rotatable bonds is 0. The van der Waals surface area contributed by atoms with Crippen LogP contribution in [0, 0.1) is 11.3 Å². The van der Waals surface area contributed by atoms with Gasteiger partial charge in [-0.3, -0.25) is 5.01 Å². The summed E-state index contributed by atoms with van der Waals surface area (Å²) < 4.78 is 0. The number of hydrazone groups is 1. The van der Waals surface area contributed by atoms with Crippen LogP contribution in [0.1, 0.15) is 11.1 Å². The van der Waals surface area contributed by atoms with Crippen LogP contribution in [0.4, 0.5) is 0 Å². The Labute approximate surface area is 76.9 Å². The normalized spacial score (nSPS) is 14.5. The van der Waals surface area contributed by atoms with Gasteiger partial charge in [0, 0.05) is 12.6 Å². The highest BCUT2D eigenvalue weighted by Gasteiger charge is 2.15. The van der Waals surface area contributed by atoms with Crippen LogP contribution in [-0.4, -0.2) is 17.8 Å². The Morgan fingerprint density at radius 1 is 1.46 bits per heavy atom. The van der Waals surface area contributed by atoms with Crippen LogP contribution in [0.2, 0.25) is 0 Å². The van der Waals surface area contributed by atoms with Crippen LogP contribution in [0.3, 0.4) is 0 Å². The highest BCUT2D eigenvalue weighted by Crippen LogP contribution is 2.17. The van der Waals surface area contributed by atoms with E-state index in [1.807, 2.05) is 31.3 Å². The average Bonchev–Trinajstić information content (AvgIpc) is 2.16. The Morgan fingerprint density at radius 3 is 3.00 bits per heavy atom. The van der Waals surface area contributed by atoms with Gasteiger partial charge in [0.15, 0.2) is 5.71 Å². The Hall–Kier alpha value is -1.82. The summed E-state index contributed by atoms with van der Waals surface area (Å²) in [6, 6.07) is 9.97. The molecule has 0 aliphatic carbocycles. The van der Waals surface area contributed by atoms with Crippen molar-refractivity contribution in [3.05, 3.63) is 35.4 Å². The molecule has 64 valence electrons. The Morgan fingerprint density at radius 2 is 2.23 bits per heavy atom. The largest absolute Gasteiger partial charge is 0.294 e. The molecular formula is C10H9N3. The molecule has 0 saturated heterocycles. The second-order valence-corrected chi connectivity index (χ2v) is 3.03. The number of nitrogens with zero attached hydrogens (tertiary/aromatic N) is 3. The number of benzene rings is 1. The summed E-state index contributed by atoms with van der Waals surface area (Å²) in [6.07, 6.45) is 0. The van der Waals surface area contributed by atoms with E-state index in [1.54, 1.807) is 5.01 Å². The van der Waals surface area contributed by atoms with Crippen molar-refractivity contribution in [2.75, 3.05) is 7.05 Å². The minimum atomic E-state index is 0.504. The van der Waals surface area contributed by atoms with Crippen LogP contribution >= 0.6 is 0 Å². The highest BCUT2D eigenvalue weighted by atomic mass is 15.4. The van der Waals surface area contributed by atoms with Crippen molar-refractivity contribution in [1.29, 1.82) is 5.26 Å². The number of hydrogen-bond acceptors (Lipinski definition) is 3. The monoisotopic (exact) mass is 171 g/mol. The molecule has 0 unspecified atom stereocenters. The smallest absolute Gasteiger partial charge is 0.168 e. The van der Waals surface area contributed by atoms with Gasteiger partial charge in [-0.15, -0.1) is 0 Å². The van der Waals surface area contributed by atoms with Gasteiger partial charge >= 0.3 is 0 Å². The molecule has 13 heavy (non-hydrogen) atoms. The van der Waals surface area contributed by atoms with Crippen LogP contribution < -0.4 is 0 Å². The third kappa shape index (κ3) is 1.27. The molecule has 0 bridgehead atoms. The Balaban J connectivity index is 2.57. The maximum atomic E-state index is 8.85. The second-order valence-electron chi connectivity index (χ2n) is 3.03. The molecule has 0 aromatic heterocycles. The summed E-state index contributed by atoms with van der Waals surface area (Å²) in [7, 11) is 1.87. The minimum Gasteiger partial charge on any atom is -0.294 e. The summed E-state index contributed by atoms with van der Waals surface area (Å²) in [6.45, 7) is 0.779. The molecule has 0 fully saturated rings. The third-order valence-corrected chi connectivity index (χ3v) is 2.05. The van der Waals surface area contributed by atoms with Gasteiger partial charge in [0.05, 0.1) is 6.54 Å². The number of fused-ring (bicyclic) bond motifs is 1. The molecule has 0 saturated carbocycles. The Kier molecular flexibility index (Phi) is 1.75. The van der Waals surface area contributed by atoms with Crippen molar-refractivity contribution in [1.82, 2.24) is 5.01 Å². The molecule has 3 nitrogen and oxygen atoms in total. The van der Waals surface area contributed by atoms with Gasteiger partial charge in [-0.25, -0.2) is 0 Å². The lowest BCUT2D eigenvalue weighted by Gasteiger charge is -2.20. The van der Waals surface area contributed by atoms with Crippen LogP contribution in [0.15, 0.2) is 29.4 Å². The van der Waals surface area contributed by atoms with Crippen molar-refractivity contribution in [2.24, 2.45) is 5.10 Å². The van der Waals surface area contributed by atoms with E-state index < -0.39 is 0 Å². The van der Waals surface area contributed by atoms with Crippen LogP contribution in [-0.2, 0) is 6.54 Å². The van der Waals surface area contributed by atoms with E-state index in [2.05, 4.69) is 11.2 Å². The SMILES string of the molecule is CN1Cc2ccccc2C(C#N)=N1. The molecule has 1 aromatic carbocycles. The summed E-state index contributed by atoms with van der Waals surface area (Å²) in [4.78, 5) is 0. The second kappa shape index (κ2) is 2.91. The zero-order chi connectivity index (χ0) is 9.26. The zero-order valence-corrected chi connectivity index (χ0v) is 7.36. The lowest BCUT2D eigenvalue weighted by Crippen LogP contribution is -2.21. The summed E-state index contributed by atoms with van der Waals surface area (Å²) in [5.74, 6) is 0. The van der Waals surface area contributed by atoms with Crippen LogP contribution in [0.25, 0.3) is 0 Å². The van der Waals surface area contributed by atoms with Gasteiger partial charge in [0.2, 0.25) is 0 Å². The van der Waals surface area contributed by atoms with Gasteiger partial charge in [-0.05, 0) is 5.56 Å². The first-order valence-electron chi connectivity index (χ1n) is 4.09. The van der Waals surface area contributed by atoms with Gasteiger partial charge in [0.1, 0.15) is 6.07 Å². The number of hydrogen-bond donors (Lipinski definition) is 0. The fourth-order valence-electron chi connectivity index (χ4n) is 1.48. The molecule has 1 heterocycles. The Bertz CT molecular complexity index is 401. The standard InChI is InChI=1S/C10H9N3/c1-13-7-8-4-2-3-5-9(8)10(6-11)12-13/h2-5H,7H2,1H3. The predicted octanol–water partition coefficient (Wildman–Crippen LogP) is 1.36. The molecule has 2 rings (SSSR count). The highest BCUT2D eigenvalue weighted by molar-refractivity contribution is 6.12. The molecule has 0 atom stereocenters. The summed E-state index contributed by atoms with van der Waals surface area (Å²) >= 11 is 0. The third-order valence-electron chi connectivity index (χ3n) is 2.05. The van der Waals surface area contributed by atoms with Crippen LogP contribution in [0.5, 0.6) is 0 Å². The number of nitriles is 1. The van der Waals surface area contributed by atoms with Gasteiger partial charge < -0.3 is 0 Å².